The van der Waals surface area contributed by atoms with Crippen molar-refractivity contribution in [1.82, 2.24) is 4.98 Å². The summed E-state index contributed by atoms with van der Waals surface area (Å²) in [7, 11) is -3.79. The molecular weight excluding hydrogens is 398 g/mol. The number of hydrogen-bond acceptors (Lipinski definition) is 6. The van der Waals surface area contributed by atoms with Crippen molar-refractivity contribution in [2.24, 2.45) is 5.14 Å². The third kappa shape index (κ3) is 5.06. The minimum atomic E-state index is -3.79. The van der Waals surface area contributed by atoms with Crippen molar-refractivity contribution in [3.8, 4) is 5.75 Å². The van der Waals surface area contributed by atoms with E-state index in [-0.39, 0.29) is 10.8 Å². The molecule has 0 aliphatic rings. The second kappa shape index (κ2) is 8.68. The Kier molecular flexibility index (Phi) is 6.28. The van der Waals surface area contributed by atoms with Crippen LogP contribution in [0.25, 0.3) is 10.2 Å². The molecule has 0 radical (unpaired) electrons. The number of thiazole rings is 1. The average molecular weight is 420 g/mol. The van der Waals surface area contributed by atoms with E-state index in [1.165, 1.54) is 23.5 Å². The number of anilines is 1. The second-order valence-corrected chi connectivity index (χ2v) is 8.82. The molecule has 148 valence electrons. The van der Waals surface area contributed by atoms with Crippen molar-refractivity contribution in [1.29, 1.82) is 0 Å². The Bertz CT molecular complexity index is 1080. The zero-order valence-corrected chi connectivity index (χ0v) is 17.0. The molecule has 0 bridgehead atoms. The van der Waals surface area contributed by atoms with Crippen LogP contribution in [0.2, 0.25) is 0 Å². The number of nitrogens with two attached hydrogens (primary N) is 1. The minimum Gasteiger partial charge on any atom is -0.494 e. The predicted molar refractivity (Wildman–Crippen MR) is 110 cm³/mol. The van der Waals surface area contributed by atoms with Crippen molar-refractivity contribution in [2.75, 3.05) is 11.9 Å². The molecule has 0 fully saturated rings. The summed E-state index contributed by atoms with van der Waals surface area (Å²) in [5.41, 5.74) is 1.06. The summed E-state index contributed by atoms with van der Waals surface area (Å²) in [5, 5.41) is 8.26. The molecule has 0 spiro atoms. The standard InChI is InChI=1S/C19H21N3O4S2/c1-2-3-4-11-26-14-7-5-13(6-8-14)18(23)22-19-21-16-10-9-15(28(20,24)25)12-17(16)27-19/h5-10,12H,2-4,11H2,1H3,(H2,20,24,25)(H,21,22,23). The third-order valence-corrected chi connectivity index (χ3v) is 5.89. The first-order valence-electron chi connectivity index (χ1n) is 8.84. The van der Waals surface area contributed by atoms with E-state index in [0.29, 0.717) is 27.5 Å². The molecule has 0 saturated heterocycles. The quantitative estimate of drug-likeness (QED) is 0.540. The summed E-state index contributed by atoms with van der Waals surface area (Å²) in [6.07, 6.45) is 3.27. The Morgan fingerprint density at radius 3 is 2.61 bits per heavy atom. The molecule has 0 aliphatic carbocycles. The van der Waals surface area contributed by atoms with Crippen molar-refractivity contribution in [3.05, 3.63) is 48.0 Å². The highest BCUT2D eigenvalue weighted by molar-refractivity contribution is 7.89. The van der Waals surface area contributed by atoms with Crippen LogP contribution in [-0.4, -0.2) is 25.9 Å². The van der Waals surface area contributed by atoms with Gasteiger partial charge in [0, 0.05) is 5.56 Å². The van der Waals surface area contributed by atoms with Gasteiger partial charge >= 0.3 is 0 Å². The maximum atomic E-state index is 12.4. The average Bonchev–Trinajstić information content (AvgIpc) is 3.06. The van der Waals surface area contributed by atoms with Gasteiger partial charge in [0.25, 0.3) is 5.91 Å². The highest BCUT2D eigenvalue weighted by Crippen LogP contribution is 2.28. The van der Waals surface area contributed by atoms with E-state index < -0.39 is 10.0 Å². The van der Waals surface area contributed by atoms with Gasteiger partial charge in [-0.3, -0.25) is 10.1 Å². The van der Waals surface area contributed by atoms with Crippen molar-refractivity contribution < 1.29 is 17.9 Å². The van der Waals surface area contributed by atoms with Crippen LogP contribution in [0.4, 0.5) is 5.13 Å². The summed E-state index contributed by atoms with van der Waals surface area (Å²) in [6, 6.07) is 11.3. The molecule has 3 rings (SSSR count). The van der Waals surface area contributed by atoms with E-state index in [4.69, 9.17) is 9.88 Å². The fourth-order valence-electron chi connectivity index (χ4n) is 2.55. The van der Waals surface area contributed by atoms with Gasteiger partial charge in [-0.25, -0.2) is 18.5 Å². The van der Waals surface area contributed by atoms with Gasteiger partial charge in [0.1, 0.15) is 5.75 Å². The number of aromatic nitrogens is 1. The Morgan fingerprint density at radius 2 is 1.93 bits per heavy atom. The van der Waals surface area contributed by atoms with E-state index in [2.05, 4.69) is 17.2 Å². The van der Waals surface area contributed by atoms with Crippen LogP contribution < -0.4 is 15.2 Å². The molecule has 0 atom stereocenters. The summed E-state index contributed by atoms with van der Waals surface area (Å²) in [6.45, 7) is 2.80. The Morgan fingerprint density at radius 1 is 1.18 bits per heavy atom. The molecule has 3 aromatic rings. The number of unbranched alkanes of at least 4 members (excludes halogenated alkanes) is 2. The Labute approximate surface area is 167 Å². The van der Waals surface area contributed by atoms with Crippen LogP contribution in [0.3, 0.4) is 0 Å². The van der Waals surface area contributed by atoms with Crippen LogP contribution in [0.15, 0.2) is 47.4 Å². The molecule has 7 nitrogen and oxygen atoms in total. The fraction of sp³-hybridized carbons (Fsp3) is 0.263. The Balaban J connectivity index is 1.67. The summed E-state index contributed by atoms with van der Waals surface area (Å²) in [4.78, 5) is 16.7. The number of ether oxygens (including phenoxy) is 1. The topological polar surface area (TPSA) is 111 Å². The fourth-order valence-corrected chi connectivity index (χ4v) is 4.06. The van der Waals surface area contributed by atoms with Gasteiger partial charge in [-0.15, -0.1) is 0 Å². The van der Waals surface area contributed by atoms with E-state index in [1.54, 1.807) is 30.3 Å². The molecule has 2 aromatic carbocycles. The Hall–Kier alpha value is -2.49. The monoisotopic (exact) mass is 419 g/mol. The van der Waals surface area contributed by atoms with Crippen LogP contribution in [0.1, 0.15) is 36.5 Å². The number of hydrogen-bond donors (Lipinski definition) is 2. The summed E-state index contributed by atoms with van der Waals surface area (Å²) >= 11 is 1.18. The molecule has 0 saturated carbocycles. The lowest BCUT2D eigenvalue weighted by molar-refractivity contribution is 0.102. The van der Waals surface area contributed by atoms with Gasteiger partial charge in [0.15, 0.2) is 5.13 Å². The lowest BCUT2D eigenvalue weighted by atomic mass is 10.2. The molecular formula is C19H21N3O4S2. The first kappa shape index (κ1) is 20.2. The number of carbonyl (C=O) groups is 1. The zero-order chi connectivity index (χ0) is 20.1. The number of rotatable bonds is 8. The van der Waals surface area contributed by atoms with E-state index >= 15 is 0 Å². The van der Waals surface area contributed by atoms with E-state index in [1.807, 2.05) is 0 Å². The zero-order valence-electron chi connectivity index (χ0n) is 15.3. The van der Waals surface area contributed by atoms with Crippen molar-refractivity contribution in [3.63, 3.8) is 0 Å². The van der Waals surface area contributed by atoms with Gasteiger partial charge in [-0.1, -0.05) is 31.1 Å². The number of carbonyl (C=O) groups excluding carboxylic acids is 1. The first-order valence-corrected chi connectivity index (χ1v) is 11.2. The predicted octanol–water partition coefficient (Wildman–Crippen LogP) is 3.77. The van der Waals surface area contributed by atoms with Gasteiger partial charge in [0.2, 0.25) is 10.0 Å². The largest absolute Gasteiger partial charge is 0.494 e. The minimum absolute atomic E-state index is 0.0102. The summed E-state index contributed by atoms with van der Waals surface area (Å²) in [5.74, 6) is 0.423. The van der Waals surface area contributed by atoms with Crippen molar-refractivity contribution in [2.45, 2.75) is 31.1 Å². The number of primary sulfonamides is 1. The molecule has 1 aromatic heterocycles. The molecule has 0 aliphatic heterocycles. The highest BCUT2D eigenvalue weighted by Gasteiger charge is 2.13. The molecule has 1 amide bonds. The number of nitrogens with one attached hydrogen (secondary N) is 1. The van der Waals surface area contributed by atoms with Gasteiger partial charge < -0.3 is 4.74 Å². The van der Waals surface area contributed by atoms with E-state index in [9.17, 15) is 13.2 Å². The first-order chi connectivity index (χ1) is 13.4. The SMILES string of the molecule is CCCCCOc1ccc(C(=O)Nc2nc3ccc(S(N)(=O)=O)cc3s2)cc1. The highest BCUT2D eigenvalue weighted by atomic mass is 32.2. The normalized spacial score (nSPS) is 11.5. The van der Waals surface area contributed by atoms with Gasteiger partial charge in [0.05, 0.1) is 21.7 Å². The lowest BCUT2D eigenvalue weighted by Crippen LogP contribution is -2.11. The van der Waals surface area contributed by atoms with Crippen LogP contribution in [0, 0.1) is 0 Å². The number of fused-ring (bicyclic) bond motifs is 1. The second-order valence-electron chi connectivity index (χ2n) is 6.23. The maximum Gasteiger partial charge on any atom is 0.257 e. The molecule has 0 unspecified atom stereocenters. The van der Waals surface area contributed by atoms with Crippen LogP contribution in [0.5, 0.6) is 5.75 Å². The lowest BCUT2D eigenvalue weighted by Gasteiger charge is -2.06. The number of nitrogens with zero attached hydrogens (tertiary/aromatic N) is 1. The number of benzene rings is 2. The molecule has 28 heavy (non-hydrogen) atoms. The number of sulfonamides is 1. The van der Waals surface area contributed by atoms with Gasteiger partial charge in [-0.05, 0) is 48.9 Å². The molecule has 3 N–H and O–H groups in total. The van der Waals surface area contributed by atoms with Crippen LogP contribution in [-0.2, 0) is 10.0 Å². The maximum absolute atomic E-state index is 12.4. The van der Waals surface area contributed by atoms with Crippen LogP contribution >= 0.6 is 11.3 Å². The molecule has 9 heteroatoms. The van der Waals surface area contributed by atoms with Gasteiger partial charge in [-0.2, -0.15) is 0 Å². The van der Waals surface area contributed by atoms with E-state index in [0.717, 1.165) is 25.0 Å². The van der Waals surface area contributed by atoms with Crippen molar-refractivity contribution >= 4 is 42.6 Å². The smallest absolute Gasteiger partial charge is 0.257 e. The molecule has 1 heterocycles. The third-order valence-electron chi connectivity index (χ3n) is 4.04. The summed E-state index contributed by atoms with van der Waals surface area (Å²) < 4.78 is 29.2. The number of amides is 1.